The average Bonchev–Trinajstić information content (AvgIpc) is 3.08. The fourth-order valence-electron chi connectivity index (χ4n) is 3.10. The van der Waals surface area contributed by atoms with E-state index in [0.717, 1.165) is 0 Å². The number of carbonyl (C=O) groups excluding carboxylic acids is 2. The molecule has 1 aromatic heterocycles. The monoisotopic (exact) mass is 347 g/mol. The normalized spacial score (nSPS) is 19.4. The molecule has 1 N–H and O–H groups in total. The van der Waals surface area contributed by atoms with Gasteiger partial charge in [0.15, 0.2) is 5.79 Å². The molecule has 3 rings (SSSR count). The van der Waals surface area contributed by atoms with Gasteiger partial charge >= 0.3 is 0 Å². The number of pyridine rings is 1. The Hall–Kier alpha value is -1.99. The van der Waals surface area contributed by atoms with E-state index in [1.165, 1.54) is 12.4 Å². The summed E-state index contributed by atoms with van der Waals surface area (Å²) >= 11 is 0. The molecule has 0 bridgehead atoms. The molecule has 0 aromatic carbocycles. The number of nitrogens with one attached hydrogen (secondary N) is 1. The lowest BCUT2D eigenvalue weighted by Gasteiger charge is -2.37. The molecular weight excluding hydrogens is 322 g/mol. The van der Waals surface area contributed by atoms with Crippen molar-refractivity contribution in [3.05, 3.63) is 29.6 Å². The molecule has 3 heterocycles. The van der Waals surface area contributed by atoms with Crippen molar-refractivity contribution in [1.82, 2.24) is 15.2 Å². The molecule has 136 valence electrons. The molecule has 7 heteroatoms. The zero-order valence-corrected chi connectivity index (χ0v) is 14.8. The maximum atomic E-state index is 12.7. The zero-order valence-electron chi connectivity index (χ0n) is 14.8. The fraction of sp³-hybridized carbons (Fsp3) is 0.611. The standard InChI is InChI=1S/C18H25N3O4/c1-13(2)10-20-16(22)14-9-15(12-19-11-14)17(23)21-5-3-18(4-6-21)24-7-8-25-18/h9,11-13H,3-8,10H2,1-2H3,(H,20,22). The Labute approximate surface area is 147 Å². The molecule has 0 aliphatic carbocycles. The molecule has 2 aliphatic rings. The SMILES string of the molecule is CC(C)CNC(=O)c1cncc(C(=O)N2CCC3(CC2)OCCO3)c1. The molecule has 2 aliphatic heterocycles. The van der Waals surface area contributed by atoms with Crippen LogP contribution in [0.15, 0.2) is 18.5 Å². The van der Waals surface area contributed by atoms with Crippen LogP contribution in [-0.2, 0) is 9.47 Å². The second kappa shape index (κ2) is 7.49. The Balaban J connectivity index is 1.62. The first-order valence-corrected chi connectivity index (χ1v) is 8.79. The van der Waals surface area contributed by atoms with Gasteiger partial charge in [-0.05, 0) is 12.0 Å². The highest BCUT2D eigenvalue weighted by Crippen LogP contribution is 2.31. The Kier molecular flexibility index (Phi) is 5.34. The summed E-state index contributed by atoms with van der Waals surface area (Å²) in [7, 11) is 0. The van der Waals surface area contributed by atoms with Crippen molar-refractivity contribution in [2.45, 2.75) is 32.5 Å². The largest absolute Gasteiger partial charge is 0.352 e. The Bertz CT molecular complexity index is 631. The zero-order chi connectivity index (χ0) is 17.9. The summed E-state index contributed by atoms with van der Waals surface area (Å²) in [4.78, 5) is 30.7. The van der Waals surface area contributed by atoms with Crippen LogP contribution in [0, 0.1) is 5.92 Å². The van der Waals surface area contributed by atoms with Crippen molar-refractivity contribution < 1.29 is 19.1 Å². The van der Waals surface area contributed by atoms with Crippen molar-refractivity contribution in [2.24, 2.45) is 5.92 Å². The van der Waals surface area contributed by atoms with Crippen LogP contribution in [0.3, 0.4) is 0 Å². The van der Waals surface area contributed by atoms with Crippen molar-refractivity contribution in [3.63, 3.8) is 0 Å². The number of carbonyl (C=O) groups is 2. The molecule has 0 saturated carbocycles. The predicted molar refractivity (Wildman–Crippen MR) is 91.2 cm³/mol. The summed E-state index contributed by atoms with van der Waals surface area (Å²) in [5, 5.41) is 2.84. The number of hydrogen-bond donors (Lipinski definition) is 1. The summed E-state index contributed by atoms with van der Waals surface area (Å²) in [6.07, 6.45) is 4.33. The van der Waals surface area contributed by atoms with Gasteiger partial charge in [-0.15, -0.1) is 0 Å². The number of amides is 2. The first kappa shape index (κ1) is 17.8. The van der Waals surface area contributed by atoms with Gasteiger partial charge in [0, 0.05) is 44.9 Å². The third-order valence-electron chi connectivity index (χ3n) is 4.54. The third-order valence-corrected chi connectivity index (χ3v) is 4.54. The number of ether oxygens (including phenoxy) is 2. The van der Waals surface area contributed by atoms with Gasteiger partial charge in [0.1, 0.15) is 0 Å². The van der Waals surface area contributed by atoms with Crippen molar-refractivity contribution in [1.29, 1.82) is 0 Å². The Morgan fingerprint density at radius 3 is 2.48 bits per heavy atom. The van der Waals surface area contributed by atoms with Crippen molar-refractivity contribution in [3.8, 4) is 0 Å². The quantitative estimate of drug-likeness (QED) is 0.891. The van der Waals surface area contributed by atoms with E-state index in [9.17, 15) is 9.59 Å². The van der Waals surface area contributed by atoms with E-state index >= 15 is 0 Å². The molecule has 2 saturated heterocycles. The average molecular weight is 347 g/mol. The van der Waals surface area contributed by atoms with Crippen LogP contribution in [0.5, 0.6) is 0 Å². The van der Waals surface area contributed by atoms with Crippen LogP contribution in [-0.4, -0.2) is 60.3 Å². The smallest absolute Gasteiger partial charge is 0.255 e. The molecule has 0 unspecified atom stereocenters. The van der Waals surface area contributed by atoms with Gasteiger partial charge in [-0.3, -0.25) is 14.6 Å². The number of aromatic nitrogens is 1. The van der Waals surface area contributed by atoms with Crippen LogP contribution in [0.1, 0.15) is 47.4 Å². The minimum absolute atomic E-state index is 0.112. The van der Waals surface area contributed by atoms with Crippen molar-refractivity contribution >= 4 is 11.8 Å². The Morgan fingerprint density at radius 1 is 1.20 bits per heavy atom. The second-order valence-corrected chi connectivity index (χ2v) is 6.97. The summed E-state index contributed by atoms with van der Waals surface area (Å²) in [5.74, 6) is -0.462. The molecule has 2 fully saturated rings. The number of rotatable bonds is 4. The highest BCUT2D eigenvalue weighted by Gasteiger charge is 2.40. The highest BCUT2D eigenvalue weighted by atomic mass is 16.7. The highest BCUT2D eigenvalue weighted by molar-refractivity contribution is 5.99. The lowest BCUT2D eigenvalue weighted by Crippen LogP contribution is -2.47. The summed E-state index contributed by atoms with van der Waals surface area (Å²) in [6.45, 7) is 7.02. The molecule has 0 atom stereocenters. The summed E-state index contributed by atoms with van der Waals surface area (Å²) in [5.41, 5.74) is 0.837. The van der Waals surface area contributed by atoms with Crippen molar-refractivity contribution in [2.75, 3.05) is 32.8 Å². The van der Waals surface area contributed by atoms with E-state index in [1.54, 1.807) is 11.0 Å². The maximum absolute atomic E-state index is 12.7. The number of hydrogen-bond acceptors (Lipinski definition) is 5. The van der Waals surface area contributed by atoms with Gasteiger partial charge in [-0.2, -0.15) is 0 Å². The summed E-state index contributed by atoms with van der Waals surface area (Å²) < 4.78 is 11.4. The first-order valence-electron chi connectivity index (χ1n) is 8.79. The number of nitrogens with zero attached hydrogens (tertiary/aromatic N) is 2. The molecule has 7 nitrogen and oxygen atoms in total. The molecule has 2 amide bonds. The summed E-state index contributed by atoms with van der Waals surface area (Å²) in [6, 6.07) is 1.61. The van der Waals surface area contributed by atoms with E-state index in [0.29, 0.717) is 62.7 Å². The van der Waals surface area contributed by atoms with Crippen LogP contribution in [0.4, 0.5) is 0 Å². The van der Waals surface area contributed by atoms with Crippen LogP contribution in [0.2, 0.25) is 0 Å². The van der Waals surface area contributed by atoms with Gasteiger partial charge in [0.2, 0.25) is 0 Å². The number of piperidine rings is 1. The van der Waals surface area contributed by atoms with E-state index in [1.807, 2.05) is 13.8 Å². The van der Waals surface area contributed by atoms with E-state index in [4.69, 9.17) is 9.47 Å². The van der Waals surface area contributed by atoms with Gasteiger partial charge in [-0.25, -0.2) is 0 Å². The van der Waals surface area contributed by atoms with E-state index < -0.39 is 5.79 Å². The van der Waals surface area contributed by atoms with Crippen LogP contribution < -0.4 is 5.32 Å². The molecule has 0 radical (unpaired) electrons. The van der Waals surface area contributed by atoms with Gasteiger partial charge < -0.3 is 19.7 Å². The van der Waals surface area contributed by atoms with Crippen LogP contribution in [0.25, 0.3) is 0 Å². The molecule has 1 spiro atoms. The molecule has 1 aromatic rings. The second-order valence-electron chi connectivity index (χ2n) is 6.97. The third kappa shape index (κ3) is 4.16. The lowest BCUT2D eigenvalue weighted by atomic mass is 10.0. The predicted octanol–water partition coefficient (Wildman–Crippen LogP) is 1.45. The van der Waals surface area contributed by atoms with Gasteiger partial charge in [0.25, 0.3) is 11.8 Å². The first-order chi connectivity index (χ1) is 12.0. The van der Waals surface area contributed by atoms with Crippen LogP contribution >= 0.6 is 0 Å². The van der Waals surface area contributed by atoms with Gasteiger partial charge in [-0.1, -0.05) is 13.8 Å². The topological polar surface area (TPSA) is 80.8 Å². The van der Waals surface area contributed by atoms with E-state index in [-0.39, 0.29) is 11.8 Å². The number of likely N-dealkylation sites (tertiary alicyclic amines) is 1. The lowest BCUT2D eigenvalue weighted by molar-refractivity contribution is -0.181. The minimum Gasteiger partial charge on any atom is -0.352 e. The van der Waals surface area contributed by atoms with E-state index in [2.05, 4.69) is 10.3 Å². The molecule has 25 heavy (non-hydrogen) atoms. The fourth-order valence-corrected chi connectivity index (χ4v) is 3.10. The minimum atomic E-state index is -0.506. The maximum Gasteiger partial charge on any atom is 0.255 e. The Morgan fingerprint density at radius 2 is 1.84 bits per heavy atom. The molecular formula is C18H25N3O4. The van der Waals surface area contributed by atoms with Gasteiger partial charge in [0.05, 0.1) is 24.3 Å².